The van der Waals surface area contributed by atoms with Gasteiger partial charge in [-0.25, -0.2) is 14.2 Å². The number of nitrogens with one attached hydrogen (secondary N) is 2. The van der Waals surface area contributed by atoms with Crippen LogP contribution >= 0.6 is 0 Å². The van der Waals surface area contributed by atoms with Gasteiger partial charge in [0.15, 0.2) is 0 Å². The number of amides is 2. The molecule has 2 aromatic carbocycles. The number of fused-ring (bicyclic) bond motifs is 1. The Morgan fingerprint density at radius 3 is 2.96 bits per heavy atom. The number of nitrogens with zero attached hydrogens (tertiary/aromatic N) is 2. The van der Waals surface area contributed by atoms with Crippen molar-refractivity contribution in [3.05, 3.63) is 65.7 Å². The Bertz CT molecular complexity index is 909. The minimum Gasteiger partial charge on any atom is -0.340 e. The second kappa shape index (κ2) is 7.15. The average molecular weight is 352 g/mol. The normalized spacial score (nSPS) is 17.0. The summed E-state index contributed by atoms with van der Waals surface area (Å²) in [5.41, 5.74) is 2.58. The third kappa shape index (κ3) is 3.40. The highest BCUT2D eigenvalue weighted by atomic mass is 19.1. The number of carbonyl (C=O) groups is 1. The van der Waals surface area contributed by atoms with E-state index in [1.165, 1.54) is 17.7 Å². The van der Waals surface area contributed by atoms with Gasteiger partial charge in [-0.15, -0.1) is 0 Å². The topological polar surface area (TPSA) is 61.0 Å². The van der Waals surface area contributed by atoms with Gasteiger partial charge in [0.05, 0.1) is 17.1 Å². The zero-order chi connectivity index (χ0) is 17.9. The first-order valence-electron chi connectivity index (χ1n) is 8.94. The zero-order valence-electron chi connectivity index (χ0n) is 14.4. The molecule has 1 aromatic heterocycles. The molecule has 1 aliphatic rings. The maximum atomic E-state index is 13.4. The van der Waals surface area contributed by atoms with Crippen LogP contribution in [0.3, 0.4) is 0 Å². The molecule has 26 heavy (non-hydrogen) atoms. The fourth-order valence-electron chi connectivity index (χ4n) is 3.51. The summed E-state index contributed by atoms with van der Waals surface area (Å²) in [6.07, 6.45) is 2.59. The van der Waals surface area contributed by atoms with E-state index in [1.54, 1.807) is 6.07 Å². The molecule has 0 radical (unpaired) electrons. The summed E-state index contributed by atoms with van der Waals surface area (Å²) < 4.78 is 13.4. The van der Waals surface area contributed by atoms with Gasteiger partial charge in [0.2, 0.25) is 0 Å². The molecule has 2 N–H and O–H groups in total. The number of imidazole rings is 1. The van der Waals surface area contributed by atoms with E-state index in [9.17, 15) is 9.18 Å². The van der Waals surface area contributed by atoms with E-state index in [4.69, 9.17) is 0 Å². The van der Waals surface area contributed by atoms with Crippen molar-refractivity contribution in [3.8, 4) is 0 Å². The molecule has 1 saturated heterocycles. The third-order valence-electron chi connectivity index (χ3n) is 4.82. The van der Waals surface area contributed by atoms with Crippen LogP contribution in [0.5, 0.6) is 0 Å². The first-order chi connectivity index (χ1) is 12.7. The highest BCUT2D eigenvalue weighted by Gasteiger charge is 2.32. The lowest BCUT2D eigenvalue weighted by Gasteiger charge is -2.23. The summed E-state index contributed by atoms with van der Waals surface area (Å²) in [4.78, 5) is 22.1. The van der Waals surface area contributed by atoms with E-state index in [0.717, 1.165) is 30.6 Å². The largest absolute Gasteiger partial charge is 0.340 e. The molecule has 1 atom stereocenters. The van der Waals surface area contributed by atoms with Gasteiger partial charge in [-0.1, -0.05) is 30.3 Å². The average Bonchev–Trinajstić information content (AvgIpc) is 3.28. The van der Waals surface area contributed by atoms with Crippen molar-refractivity contribution in [1.82, 2.24) is 20.2 Å². The number of urea groups is 1. The predicted molar refractivity (Wildman–Crippen MR) is 98.3 cm³/mol. The molecule has 4 rings (SSSR count). The van der Waals surface area contributed by atoms with Crippen molar-refractivity contribution in [1.29, 1.82) is 0 Å². The van der Waals surface area contributed by atoms with E-state index >= 15 is 0 Å². The van der Waals surface area contributed by atoms with Crippen LogP contribution in [0, 0.1) is 5.82 Å². The van der Waals surface area contributed by atoms with Crippen molar-refractivity contribution in [2.24, 2.45) is 0 Å². The molecule has 3 aromatic rings. The van der Waals surface area contributed by atoms with Crippen LogP contribution in [0.1, 0.15) is 30.3 Å². The van der Waals surface area contributed by atoms with Crippen molar-refractivity contribution < 1.29 is 9.18 Å². The molecule has 2 heterocycles. The molecular weight excluding hydrogens is 331 g/mol. The standard InChI is InChI=1S/C20H21FN4O/c21-15-8-9-16-17(13-15)24-19(23-16)18-7-4-12-25(18)20(26)22-11-10-14-5-2-1-3-6-14/h1-3,5-6,8-9,13,18H,4,7,10-12H2,(H,22,26)(H,23,24). The Hall–Kier alpha value is -2.89. The predicted octanol–water partition coefficient (Wildman–Crippen LogP) is 3.79. The lowest BCUT2D eigenvalue weighted by Crippen LogP contribution is -2.40. The molecule has 6 heteroatoms. The van der Waals surface area contributed by atoms with Gasteiger partial charge in [-0.2, -0.15) is 0 Å². The van der Waals surface area contributed by atoms with E-state index in [0.29, 0.717) is 18.6 Å². The first kappa shape index (κ1) is 16.6. The fraction of sp³-hybridized carbons (Fsp3) is 0.300. The zero-order valence-corrected chi connectivity index (χ0v) is 14.4. The van der Waals surface area contributed by atoms with Gasteiger partial charge in [-0.3, -0.25) is 0 Å². The monoisotopic (exact) mass is 352 g/mol. The Balaban J connectivity index is 1.42. The number of benzene rings is 2. The number of aromatic amines is 1. The second-order valence-electron chi connectivity index (χ2n) is 6.60. The lowest BCUT2D eigenvalue weighted by atomic mass is 10.1. The van der Waals surface area contributed by atoms with Crippen LogP contribution in [0.15, 0.2) is 48.5 Å². The van der Waals surface area contributed by atoms with Gasteiger partial charge in [0.25, 0.3) is 0 Å². The summed E-state index contributed by atoms with van der Waals surface area (Å²) >= 11 is 0. The molecule has 1 aliphatic heterocycles. The van der Waals surface area contributed by atoms with Gasteiger partial charge in [0.1, 0.15) is 11.6 Å². The molecule has 1 unspecified atom stereocenters. The van der Waals surface area contributed by atoms with E-state index in [1.807, 2.05) is 23.1 Å². The SMILES string of the molecule is O=C(NCCc1ccccc1)N1CCCC1c1nc2ccc(F)cc2[nH]1. The van der Waals surface area contributed by atoms with E-state index in [-0.39, 0.29) is 17.9 Å². The van der Waals surface area contributed by atoms with Crippen LogP contribution in [0.4, 0.5) is 9.18 Å². The van der Waals surface area contributed by atoms with Crippen LogP contribution < -0.4 is 5.32 Å². The van der Waals surface area contributed by atoms with Crippen LogP contribution in [-0.2, 0) is 6.42 Å². The minimum atomic E-state index is -0.297. The highest BCUT2D eigenvalue weighted by Crippen LogP contribution is 2.31. The summed E-state index contributed by atoms with van der Waals surface area (Å²) in [5, 5.41) is 3.00. The van der Waals surface area contributed by atoms with Crippen molar-refractivity contribution in [2.75, 3.05) is 13.1 Å². The number of H-pyrrole nitrogens is 1. The number of halogens is 1. The summed E-state index contributed by atoms with van der Waals surface area (Å²) in [6, 6.07) is 14.4. The number of hydrogen-bond acceptors (Lipinski definition) is 2. The Kier molecular flexibility index (Phi) is 4.56. The van der Waals surface area contributed by atoms with Crippen molar-refractivity contribution >= 4 is 17.1 Å². The summed E-state index contributed by atoms with van der Waals surface area (Å²) in [5.74, 6) is 0.427. The molecule has 0 saturated carbocycles. The van der Waals surface area contributed by atoms with Gasteiger partial charge in [-0.05, 0) is 43.0 Å². The first-order valence-corrected chi connectivity index (χ1v) is 8.94. The molecule has 0 aliphatic carbocycles. The van der Waals surface area contributed by atoms with Crippen LogP contribution in [0.2, 0.25) is 0 Å². The number of carbonyl (C=O) groups excluding carboxylic acids is 1. The highest BCUT2D eigenvalue weighted by molar-refractivity contribution is 5.77. The minimum absolute atomic E-state index is 0.0740. The van der Waals surface area contributed by atoms with E-state index in [2.05, 4.69) is 27.4 Å². The number of hydrogen-bond donors (Lipinski definition) is 2. The number of rotatable bonds is 4. The Morgan fingerprint density at radius 2 is 2.12 bits per heavy atom. The second-order valence-corrected chi connectivity index (χ2v) is 6.60. The lowest BCUT2D eigenvalue weighted by molar-refractivity contribution is 0.191. The van der Waals surface area contributed by atoms with Crippen molar-refractivity contribution in [2.45, 2.75) is 25.3 Å². The number of aromatic nitrogens is 2. The quantitative estimate of drug-likeness (QED) is 0.750. The van der Waals surface area contributed by atoms with Gasteiger partial charge >= 0.3 is 6.03 Å². The van der Waals surface area contributed by atoms with Gasteiger partial charge in [0, 0.05) is 13.1 Å². The molecule has 5 nitrogen and oxygen atoms in total. The third-order valence-corrected chi connectivity index (χ3v) is 4.82. The summed E-state index contributed by atoms with van der Waals surface area (Å²) in [7, 11) is 0. The fourth-order valence-corrected chi connectivity index (χ4v) is 3.51. The molecule has 134 valence electrons. The smallest absolute Gasteiger partial charge is 0.318 e. The molecule has 0 bridgehead atoms. The maximum Gasteiger partial charge on any atom is 0.318 e. The molecule has 2 amide bonds. The number of likely N-dealkylation sites (tertiary alicyclic amines) is 1. The summed E-state index contributed by atoms with van der Waals surface area (Å²) in [6.45, 7) is 1.30. The maximum absolute atomic E-state index is 13.4. The van der Waals surface area contributed by atoms with Crippen LogP contribution in [0.25, 0.3) is 11.0 Å². The Labute approximate surface area is 151 Å². The molecular formula is C20H21FN4O. The molecule has 1 fully saturated rings. The molecule has 0 spiro atoms. The van der Waals surface area contributed by atoms with Gasteiger partial charge < -0.3 is 15.2 Å². The van der Waals surface area contributed by atoms with E-state index < -0.39 is 0 Å². The Morgan fingerprint density at radius 1 is 1.27 bits per heavy atom. The van der Waals surface area contributed by atoms with Crippen molar-refractivity contribution in [3.63, 3.8) is 0 Å². The van der Waals surface area contributed by atoms with Crippen LogP contribution in [-0.4, -0.2) is 34.0 Å².